The molecule has 0 spiro atoms. The fourth-order valence-corrected chi connectivity index (χ4v) is 6.42. The first-order chi connectivity index (χ1) is 20.0. The third kappa shape index (κ3) is 9.53. The molecule has 0 aromatic rings. The van der Waals surface area contributed by atoms with Crippen LogP contribution in [0.15, 0.2) is 11.6 Å². The number of hydrogen-bond acceptors (Lipinski definition) is 5. The van der Waals surface area contributed by atoms with Crippen molar-refractivity contribution in [1.82, 2.24) is 24.9 Å². The van der Waals surface area contributed by atoms with Gasteiger partial charge in [0.1, 0.15) is 12.1 Å². The number of nitrogens with zero attached hydrogens (tertiary/aromatic N) is 4. The van der Waals surface area contributed by atoms with Gasteiger partial charge in [-0.1, -0.05) is 60.5 Å². The van der Waals surface area contributed by atoms with E-state index in [0.717, 1.165) is 45.1 Å². The average Bonchev–Trinajstić information content (AvgIpc) is 3.44. The number of amides is 4. The Morgan fingerprint density at radius 2 is 1.58 bits per heavy atom. The van der Waals surface area contributed by atoms with Gasteiger partial charge >= 0.3 is 0 Å². The lowest BCUT2D eigenvalue weighted by molar-refractivity contribution is -0.142. The van der Waals surface area contributed by atoms with E-state index in [-0.39, 0.29) is 47.7 Å². The van der Waals surface area contributed by atoms with Gasteiger partial charge < -0.3 is 20.0 Å². The van der Waals surface area contributed by atoms with Gasteiger partial charge in [-0.05, 0) is 70.8 Å². The van der Waals surface area contributed by atoms with Gasteiger partial charge in [-0.2, -0.15) is 0 Å². The number of carbonyl (C=O) groups is 4. The zero-order valence-corrected chi connectivity index (χ0v) is 29.0. The largest absolute Gasteiger partial charge is 0.344 e. The van der Waals surface area contributed by atoms with Crippen molar-refractivity contribution in [3.63, 3.8) is 0 Å². The third-order valence-electron chi connectivity index (χ3n) is 9.17. The fraction of sp³-hybridized carbons (Fsp3) is 0.824. The number of carbonyl (C=O) groups excluding carboxylic acids is 4. The molecular formula is C34H61N5O4. The molecule has 246 valence electrons. The van der Waals surface area contributed by atoms with Crippen molar-refractivity contribution in [1.29, 1.82) is 0 Å². The number of hydrogen-bond donors (Lipinski definition) is 1. The zero-order chi connectivity index (χ0) is 32.6. The number of piperidine rings is 1. The summed E-state index contributed by atoms with van der Waals surface area (Å²) in [7, 11) is 3.58. The van der Waals surface area contributed by atoms with Crippen LogP contribution in [-0.4, -0.2) is 107 Å². The Labute approximate surface area is 261 Å². The van der Waals surface area contributed by atoms with E-state index < -0.39 is 17.5 Å². The molecule has 0 saturated carbocycles. The van der Waals surface area contributed by atoms with E-state index in [0.29, 0.717) is 25.1 Å². The second kappa shape index (κ2) is 16.1. The lowest BCUT2D eigenvalue weighted by atomic mass is 9.84. The lowest BCUT2D eigenvalue weighted by Crippen LogP contribution is -2.60. The Morgan fingerprint density at radius 3 is 2.14 bits per heavy atom. The molecule has 0 aromatic heterocycles. The smallest absolute Gasteiger partial charge is 0.249 e. The molecule has 2 aliphatic heterocycles. The summed E-state index contributed by atoms with van der Waals surface area (Å²) in [4.78, 5) is 61.9. The van der Waals surface area contributed by atoms with Crippen LogP contribution in [0.1, 0.15) is 107 Å². The normalized spacial score (nSPS) is 21.6. The van der Waals surface area contributed by atoms with Gasteiger partial charge in [-0.3, -0.25) is 24.1 Å². The highest BCUT2D eigenvalue weighted by Gasteiger charge is 2.40. The van der Waals surface area contributed by atoms with Crippen LogP contribution in [0, 0.1) is 11.3 Å². The van der Waals surface area contributed by atoms with Crippen LogP contribution < -0.4 is 5.32 Å². The number of unbranched alkanes of at least 4 members (excludes halogenated alkanes) is 1. The molecule has 2 rings (SSSR count). The van der Waals surface area contributed by atoms with E-state index in [1.165, 1.54) is 0 Å². The topological polar surface area (TPSA) is 93.3 Å². The average molecular weight is 604 g/mol. The summed E-state index contributed by atoms with van der Waals surface area (Å²) in [6, 6.07) is -1.51. The Balaban J connectivity index is 2.26. The molecule has 0 radical (unpaired) electrons. The van der Waals surface area contributed by atoms with E-state index in [9.17, 15) is 19.2 Å². The number of rotatable bonds is 12. The summed E-state index contributed by atoms with van der Waals surface area (Å²) in [5.41, 5.74) is 0.0156. The van der Waals surface area contributed by atoms with E-state index in [1.807, 2.05) is 47.7 Å². The van der Waals surface area contributed by atoms with Crippen molar-refractivity contribution in [2.75, 3.05) is 33.7 Å². The summed E-state index contributed by atoms with van der Waals surface area (Å²) in [6.07, 6.45) is 8.15. The van der Waals surface area contributed by atoms with Crippen LogP contribution in [0.25, 0.3) is 0 Å². The molecule has 4 atom stereocenters. The molecule has 0 aliphatic carbocycles. The quantitative estimate of drug-likeness (QED) is 0.333. The molecule has 0 aromatic carbocycles. The van der Waals surface area contributed by atoms with E-state index >= 15 is 0 Å². The van der Waals surface area contributed by atoms with Crippen molar-refractivity contribution in [2.24, 2.45) is 11.3 Å². The van der Waals surface area contributed by atoms with E-state index in [1.54, 1.807) is 28.7 Å². The minimum Gasteiger partial charge on any atom is -0.344 e. The Kier molecular flexibility index (Phi) is 13.7. The van der Waals surface area contributed by atoms with Crippen LogP contribution in [0.4, 0.5) is 0 Å². The lowest BCUT2D eigenvalue weighted by Gasteiger charge is -2.41. The summed E-state index contributed by atoms with van der Waals surface area (Å²) < 4.78 is 0. The molecule has 43 heavy (non-hydrogen) atoms. The monoisotopic (exact) mass is 603 g/mol. The van der Waals surface area contributed by atoms with Gasteiger partial charge in [0, 0.05) is 38.8 Å². The standard InChI is InChI=1S/C34H61N5O4/c1-12-13-19-36(10)32(42)27-18-16-21-39(27)31(41)25(6)22-28(23(2)3)37(11)33(43)29(34(7,8)9)35-30(40)26-17-14-15-20-38(26)24(4)5/h22-24,26-29H,12-21H2,1-11H3,(H,35,40)/b25-22+/t26-,27?,28-,29?/m1/s1. The van der Waals surface area contributed by atoms with Gasteiger partial charge in [-0.15, -0.1) is 0 Å². The summed E-state index contributed by atoms with van der Waals surface area (Å²) in [5.74, 6) is -0.393. The Hall–Kier alpha value is -2.42. The molecule has 9 nitrogen and oxygen atoms in total. The maximum absolute atomic E-state index is 14.1. The maximum atomic E-state index is 14.1. The van der Waals surface area contributed by atoms with E-state index in [4.69, 9.17) is 0 Å². The zero-order valence-electron chi connectivity index (χ0n) is 29.0. The van der Waals surface area contributed by atoms with Crippen LogP contribution in [-0.2, 0) is 19.2 Å². The first-order valence-corrected chi connectivity index (χ1v) is 16.6. The molecule has 9 heteroatoms. The number of nitrogens with one attached hydrogen (secondary N) is 1. The predicted molar refractivity (Wildman–Crippen MR) is 173 cm³/mol. The third-order valence-corrected chi connectivity index (χ3v) is 9.17. The molecule has 0 bridgehead atoms. The van der Waals surface area contributed by atoms with Crippen LogP contribution in [0.2, 0.25) is 0 Å². The van der Waals surface area contributed by atoms with Crippen molar-refractivity contribution in [2.45, 2.75) is 137 Å². The van der Waals surface area contributed by atoms with E-state index in [2.05, 4.69) is 31.0 Å². The maximum Gasteiger partial charge on any atom is 0.249 e. The SMILES string of the molecule is CCCCN(C)C(=O)C1CCCN1C(=O)/C(C)=C/[C@H](C(C)C)N(C)C(=O)C(NC(=O)[C@H]1CCCCN1C(C)C)C(C)(C)C. The van der Waals surface area contributed by atoms with Gasteiger partial charge in [0.2, 0.25) is 23.6 Å². The molecule has 2 heterocycles. The molecule has 4 amide bonds. The molecular weight excluding hydrogens is 542 g/mol. The molecule has 1 N–H and O–H groups in total. The molecule has 2 saturated heterocycles. The highest BCUT2D eigenvalue weighted by atomic mass is 16.2. The van der Waals surface area contributed by atoms with Gasteiger partial charge in [0.05, 0.1) is 12.1 Å². The summed E-state index contributed by atoms with van der Waals surface area (Å²) >= 11 is 0. The fourth-order valence-electron chi connectivity index (χ4n) is 6.42. The molecule has 2 aliphatic rings. The second-order valence-electron chi connectivity index (χ2n) is 14.5. The minimum absolute atomic E-state index is 0.00226. The highest BCUT2D eigenvalue weighted by Crippen LogP contribution is 2.27. The van der Waals surface area contributed by atoms with Crippen molar-refractivity contribution < 1.29 is 19.2 Å². The van der Waals surface area contributed by atoms with Gasteiger partial charge in [0.25, 0.3) is 0 Å². The number of likely N-dealkylation sites (N-methyl/N-ethyl adjacent to an activating group) is 2. The van der Waals surface area contributed by atoms with Crippen molar-refractivity contribution in [3.05, 3.63) is 11.6 Å². The number of likely N-dealkylation sites (tertiary alicyclic amines) is 2. The summed E-state index contributed by atoms with van der Waals surface area (Å²) in [6.45, 7) is 20.2. The van der Waals surface area contributed by atoms with Crippen molar-refractivity contribution >= 4 is 23.6 Å². The predicted octanol–water partition coefficient (Wildman–Crippen LogP) is 4.46. The first-order valence-electron chi connectivity index (χ1n) is 16.6. The van der Waals surface area contributed by atoms with Crippen LogP contribution >= 0.6 is 0 Å². The van der Waals surface area contributed by atoms with Gasteiger partial charge in [-0.25, -0.2) is 0 Å². The molecule has 2 fully saturated rings. The Bertz CT molecular complexity index is 1000. The Morgan fingerprint density at radius 1 is 0.953 bits per heavy atom. The minimum atomic E-state index is -0.717. The van der Waals surface area contributed by atoms with Gasteiger partial charge in [0.15, 0.2) is 0 Å². The van der Waals surface area contributed by atoms with Crippen molar-refractivity contribution in [3.8, 4) is 0 Å². The highest BCUT2D eigenvalue weighted by molar-refractivity contribution is 5.97. The van der Waals surface area contributed by atoms with Crippen LogP contribution in [0.5, 0.6) is 0 Å². The summed E-state index contributed by atoms with van der Waals surface area (Å²) in [5, 5.41) is 3.14. The molecule has 2 unspecified atom stereocenters. The first kappa shape index (κ1) is 36.8. The second-order valence-corrected chi connectivity index (χ2v) is 14.5. The van der Waals surface area contributed by atoms with Crippen LogP contribution in [0.3, 0.4) is 0 Å².